The summed E-state index contributed by atoms with van der Waals surface area (Å²) >= 11 is 0. The van der Waals surface area contributed by atoms with Gasteiger partial charge in [0.2, 0.25) is 0 Å². The minimum atomic E-state index is -0.690. The maximum absolute atomic E-state index is 13.6. The third-order valence-electron chi connectivity index (χ3n) is 3.25. The lowest BCUT2D eigenvalue weighted by Crippen LogP contribution is -2.49. The van der Waals surface area contributed by atoms with Crippen molar-refractivity contribution in [2.24, 2.45) is 0 Å². The molecule has 1 aromatic carbocycles. The van der Waals surface area contributed by atoms with Crippen molar-refractivity contribution in [3.8, 4) is 0 Å². The Bertz CT molecular complexity index is 381. The van der Waals surface area contributed by atoms with Crippen LogP contribution in [-0.4, -0.2) is 60.5 Å². The third-order valence-corrected chi connectivity index (χ3v) is 3.25. The Hall–Kier alpha value is -1.17. The second-order valence-electron chi connectivity index (χ2n) is 4.58. The molecule has 0 radical (unpaired) electrons. The molecule has 1 saturated heterocycles. The number of benzene rings is 1. The monoisotopic (exact) mass is 254 g/mol. The Balaban J connectivity index is 1.89. The normalized spacial score (nSPS) is 18.9. The van der Waals surface area contributed by atoms with E-state index >= 15 is 0 Å². The third kappa shape index (κ3) is 3.19. The van der Waals surface area contributed by atoms with Gasteiger partial charge in [-0.2, -0.15) is 0 Å². The highest BCUT2D eigenvalue weighted by molar-refractivity contribution is 5.47. The van der Waals surface area contributed by atoms with Crippen LogP contribution in [0.15, 0.2) is 24.3 Å². The molecule has 0 saturated carbocycles. The number of nitrogens with zero attached hydrogens (tertiary/aromatic N) is 2. The number of hydrogen-bond acceptors (Lipinski definition) is 4. The van der Waals surface area contributed by atoms with E-state index in [-0.39, 0.29) is 12.4 Å². The Kier molecular flexibility index (Phi) is 4.52. The first-order valence-electron chi connectivity index (χ1n) is 6.21. The average molecular weight is 254 g/mol. The standard InChI is InChI=1S/C13H19FN2O2/c14-12-3-1-2-4-13(12)16-7-5-15(6-8-16)9-11(18)10-17/h1-4,11,17-18H,5-10H2. The second kappa shape index (κ2) is 6.13. The van der Waals surface area contributed by atoms with Crippen molar-refractivity contribution in [2.75, 3.05) is 44.2 Å². The van der Waals surface area contributed by atoms with Crippen molar-refractivity contribution in [3.05, 3.63) is 30.1 Å². The second-order valence-corrected chi connectivity index (χ2v) is 4.58. The summed E-state index contributed by atoms with van der Waals surface area (Å²) in [5, 5.41) is 18.2. The summed E-state index contributed by atoms with van der Waals surface area (Å²) in [5.41, 5.74) is 0.639. The first-order chi connectivity index (χ1) is 8.70. The van der Waals surface area contributed by atoms with E-state index in [1.165, 1.54) is 6.07 Å². The highest BCUT2D eigenvalue weighted by atomic mass is 19.1. The summed E-state index contributed by atoms with van der Waals surface area (Å²) in [4.78, 5) is 4.09. The Morgan fingerprint density at radius 3 is 2.44 bits per heavy atom. The number of halogens is 1. The molecule has 100 valence electrons. The predicted molar refractivity (Wildman–Crippen MR) is 68.1 cm³/mol. The number of anilines is 1. The molecule has 0 bridgehead atoms. The number of aliphatic hydroxyl groups excluding tert-OH is 2. The van der Waals surface area contributed by atoms with Gasteiger partial charge in [-0.1, -0.05) is 12.1 Å². The summed E-state index contributed by atoms with van der Waals surface area (Å²) in [5.74, 6) is -0.193. The van der Waals surface area contributed by atoms with E-state index in [4.69, 9.17) is 5.11 Å². The minimum Gasteiger partial charge on any atom is -0.394 e. The molecular formula is C13H19FN2O2. The highest BCUT2D eigenvalue weighted by Crippen LogP contribution is 2.20. The lowest BCUT2D eigenvalue weighted by molar-refractivity contribution is 0.0574. The molecule has 0 aliphatic carbocycles. The van der Waals surface area contributed by atoms with E-state index in [1.807, 2.05) is 11.0 Å². The van der Waals surface area contributed by atoms with Crippen molar-refractivity contribution in [1.29, 1.82) is 0 Å². The van der Waals surface area contributed by atoms with Gasteiger partial charge in [0, 0.05) is 32.7 Å². The van der Waals surface area contributed by atoms with E-state index in [0.29, 0.717) is 12.2 Å². The zero-order valence-electron chi connectivity index (χ0n) is 10.3. The molecule has 1 atom stereocenters. The molecule has 1 aliphatic rings. The number of piperazine rings is 1. The van der Waals surface area contributed by atoms with Gasteiger partial charge in [0.1, 0.15) is 5.82 Å². The number of para-hydroxylation sites is 1. The first kappa shape index (κ1) is 13.3. The molecule has 18 heavy (non-hydrogen) atoms. The van der Waals surface area contributed by atoms with Gasteiger partial charge in [0.25, 0.3) is 0 Å². The fourth-order valence-electron chi connectivity index (χ4n) is 2.24. The van der Waals surface area contributed by atoms with Gasteiger partial charge in [0.15, 0.2) is 0 Å². The molecule has 0 amide bonds. The van der Waals surface area contributed by atoms with Crippen LogP contribution in [0.2, 0.25) is 0 Å². The van der Waals surface area contributed by atoms with Gasteiger partial charge in [-0.05, 0) is 12.1 Å². The van der Waals surface area contributed by atoms with Crippen LogP contribution in [0.3, 0.4) is 0 Å². The quantitative estimate of drug-likeness (QED) is 0.811. The van der Waals surface area contributed by atoms with Crippen LogP contribution in [0.25, 0.3) is 0 Å². The van der Waals surface area contributed by atoms with Crippen molar-refractivity contribution < 1.29 is 14.6 Å². The predicted octanol–water partition coefficient (Wildman–Crippen LogP) is 0.301. The van der Waals surface area contributed by atoms with Crippen LogP contribution in [0.5, 0.6) is 0 Å². The summed E-state index contributed by atoms with van der Waals surface area (Å²) in [6.45, 7) is 3.27. The van der Waals surface area contributed by atoms with Crippen molar-refractivity contribution in [2.45, 2.75) is 6.10 Å². The molecule has 1 unspecified atom stereocenters. The lowest BCUT2D eigenvalue weighted by Gasteiger charge is -2.36. The molecule has 0 spiro atoms. The zero-order valence-corrected chi connectivity index (χ0v) is 10.3. The van der Waals surface area contributed by atoms with Gasteiger partial charge < -0.3 is 15.1 Å². The lowest BCUT2D eigenvalue weighted by atomic mass is 10.2. The van der Waals surface area contributed by atoms with E-state index in [2.05, 4.69) is 4.90 Å². The molecular weight excluding hydrogens is 235 g/mol. The molecule has 0 aromatic heterocycles. The number of hydrogen-bond donors (Lipinski definition) is 2. The van der Waals surface area contributed by atoms with Crippen LogP contribution in [0.4, 0.5) is 10.1 Å². The average Bonchev–Trinajstić information content (AvgIpc) is 2.40. The van der Waals surface area contributed by atoms with Gasteiger partial charge >= 0.3 is 0 Å². The molecule has 2 N–H and O–H groups in total. The fraction of sp³-hybridized carbons (Fsp3) is 0.538. The SMILES string of the molecule is OCC(O)CN1CCN(c2ccccc2F)CC1. The van der Waals surface area contributed by atoms with Crippen LogP contribution in [0.1, 0.15) is 0 Å². The molecule has 5 heteroatoms. The number of rotatable bonds is 4. The topological polar surface area (TPSA) is 46.9 Å². The number of β-amino-alcohol motifs (C(OH)–C–C–N with tert-alkyl or cyclic N) is 1. The zero-order chi connectivity index (χ0) is 13.0. The maximum Gasteiger partial charge on any atom is 0.146 e. The van der Waals surface area contributed by atoms with E-state index in [9.17, 15) is 9.50 Å². The van der Waals surface area contributed by atoms with Crippen LogP contribution in [-0.2, 0) is 0 Å². The summed E-state index contributed by atoms with van der Waals surface area (Å²) in [7, 11) is 0. The number of aliphatic hydroxyl groups is 2. The Labute approximate surface area is 106 Å². The van der Waals surface area contributed by atoms with Gasteiger partial charge in [-0.25, -0.2) is 4.39 Å². The molecule has 1 fully saturated rings. The smallest absolute Gasteiger partial charge is 0.146 e. The van der Waals surface area contributed by atoms with Crippen LogP contribution in [0, 0.1) is 5.82 Å². The molecule has 1 aliphatic heterocycles. The van der Waals surface area contributed by atoms with Gasteiger partial charge in [-0.3, -0.25) is 4.90 Å². The summed E-state index contributed by atoms with van der Waals surface area (Å²) < 4.78 is 13.6. The van der Waals surface area contributed by atoms with Gasteiger partial charge in [-0.15, -0.1) is 0 Å². The molecule has 1 heterocycles. The van der Waals surface area contributed by atoms with Gasteiger partial charge in [0.05, 0.1) is 18.4 Å². The molecule has 2 rings (SSSR count). The maximum atomic E-state index is 13.6. The van der Waals surface area contributed by atoms with E-state index < -0.39 is 6.10 Å². The largest absolute Gasteiger partial charge is 0.394 e. The summed E-state index contributed by atoms with van der Waals surface area (Å²) in [6.07, 6.45) is -0.690. The van der Waals surface area contributed by atoms with E-state index in [1.54, 1.807) is 12.1 Å². The minimum absolute atomic E-state index is 0.193. The fourth-order valence-corrected chi connectivity index (χ4v) is 2.24. The van der Waals surface area contributed by atoms with Crippen LogP contribution < -0.4 is 4.90 Å². The van der Waals surface area contributed by atoms with Crippen molar-refractivity contribution in [1.82, 2.24) is 4.90 Å². The van der Waals surface area contributed by atoms with Crippen molar-refractivity contribution in [3.63, 3.8) is 0 Å². The summed E-state index contributed by atoms with van der Waals surface area (Å²) in [6, 6.07) is 6.78. The van der Waals surface area contributed by atoms with Crippen LogP contribution >= 0.6 is 0 Å². The Morgan fingerprint density at radius 2 is 1.83 bits per heavy atom. The first-order valence-corrected chi connectivity index (χ1v) is 6.21. The molecule has 4 nitrogen and oxygen atoms in total. The molecule has 1 aromatic rings. The van der Waals surface area contributed by atoms with Crippen molar-refractivity contribution >= 4 is 5.69 Å². The Morgan fingerprint density at radius 1 is 1.17 bits per heavy atom. The highest BCUT2D eigenvalue weighted by Gasteiger charge is 2.20. The van der Waals surface area contributed by atoms with E-state index in [0.717, 1.165) is 26.2 Å².